The molecule has 0 fully saturated rings. The van der Waals surface area contributed by atoms with Crippen LogP contribution in [-0.2, 0) is 5.41 Å². The highest BCUT2D eigenvalue weighted by Crippen LogP contribution is 2.43. The number of nitrogens with zero attached hydrogens (tertiary/aromatic N) is 5. The van der Waals surface area contributed by atoms with Crippen molar-refractivity contribution in [1.29, 1.82) is 0 Å². The molecule has 0 atom stereocenters. The van der Waals surface area contributed by atoms with Crippen LogP contribution in [0.15, 0.2) is 206 Å². The van der Waals surface area contributed by atoms with Crippen LogP contribution in [0, 0.1) is 6.33 Å². The molecule has 0 radical (unpaired) electrons. The first-order valence-electron chi connectivity index (χ1n) is 21.8. The maximum Gasteiger partial charge on any atom is 0.269 e. The van der Waals surface area contributed by atoms with Crippen molar-refractivity contribution >= 4 is 54.6 Å². The third-order valence-electron chi connectivity index (χ3n) is 12.5. The van der Waals surface area contributed by atoms with Crippen molar-refractivity contribution in [2.75, 3.05) is 0 Å². The zero-order valence-corrected chi connectivity index (χ0v) is 35.8. The van der Waals surface area contributed by atoms with Crippen LogP contribution in [0.2, 0.25) is 0 Å². The fourth-order valence-electron chi connectivity index (χ4n) is 9.51. The summed E-state index contributed by atoms with van der Waals surface area (Å²) in [5, 5.41) is 4.75. The highest BCUT2D eigenvalue weighted by molar-refractivity contribution is 6.17. The lowest BCUT2D eigenvalue weighted by Gasteiger charge is -2.20. The van der Waals surface area contributed by atoms with Crippen molar-refractivity contribution < 1.29 is 9.30 Å². The van der Waals surface area contributed by atoms with Gasteiger partial charge in [-0.25, -0.2) is 4.98 Å². The standard InChI is InChI=1S/C58H43N5O/c1-58(2,3)39-33-34-59-56(35-39)63-54-30-16-24-47(46-23-9-12-27-51(46)62-49-25-10-7-21-44(49)45-22-8-11-26-50(45)62)57(54)48-32-31-43(37-55(48)63)64-42-20-15-19-41(36-42)61-38-60(40-17-5-4-6-18-40)52-28-13-14-29-53(52)61/h4-37H,1-3H3. The van der Waals surface area contributed by atoms with Crippen molar-refractivity contribution in [1.82, 2.24) is 18.7 Å². The third kappa shape index (κ3) is 6.10. The molecule has 0 unspecified atom stereocenters. The fraction of sp³-hybridized carbons (Fsp3) is 0.0690. The molecule has 4 aromatic heterocycles. The molecule has 12 aromatic rings. The second-order valence-electron chi connectivity index (χ2n) is 17.4. The number of hydrogen-bond acceptors (Lipinski definition) is 2. The van der Waals surface area contributed by atoms with E-state index in [2.05, 4.69) is 227 Å². The Bertz CT molecular complexity index is 3700. The Kier molecular flexibility index (Phi) is 8.63. The minimum absolute atomic E-state index is 0.0645. The number of benzene rings is 8. The van der Waals surface area contributed by atoms with Crippen LogP contribution in [0.25, 0.3) is 88.7 Å². The molecule has 0 aliphatic rings. The molecule has 0 saturated heterocycles. The molecule has 6 heteroatoms. The van der Waals surface area contributed by atoms with E-state index in [1.54, 1.807) is 0 Å². The summed E-state index contributed by atoms with van der Waals surface area (Å²) in [6.45, 7) is 6.74. The number of ether oxygens (including phenoxy) is 1. The van der Waals surface area contributed by atoms with Crippen molar-refractivity contribution in [2.45, 2.75) is 26.2 Å². The largest absolute Gasteiger partial charge is 0.458 e. The van der Waals surface area contributed by atoms with Gasteiger partial charge in [-0.1, -0.05) is 136 Å². The third-order valence-corrected chi connectivity index (χ3v) is 12.5. The first-order valence-corrected chi connectivity index (χ1v) is 21.8. The summed E-state index contributed by atoms with van der Waals surface area (Å²) in [4.78, 5) is 5.04. The van der Waals surface area contributed by atoms with Gasteiger partial charge in [0, 0.05) is 39.4 Å². The quantitative estimate of drug-likeness (QED) is 0.119. The van der Waals surface area contributed by atoms with Crippen LogP contribution in [0.3, 0.4) is 0 Å². The van der Waals surface area contributed by atoms with Crippen LogP contribution in [-0.4, -0.2) is 18.7 Å². The van der Waals surface area contributed by atoms with Crippen molar-refractivity contribution in [3.05, 3.63) is 218 Å². The molecule has 64 heavy (non-hydrogen) atoms. The fourth-order valence-corrected chi connectivity index (χ4v) is 9.51. The molecule has 8 aromatic carbocycles. The average molecular weight is 826 g/mol. The summed E-state index contributed by atoms with van der Waals surface area (Å²) in [6, 6.07) is 70.6. The maximum atomic E-state index is 6.81. The van der Waals surface area contributed by atoms with Crippen molar-refractivity contribution in [3.8, 4) is 45.5 Å². The molecule has 0 spiro atoms. The van der Waals surface area contributed by atoms with Gasteiger partial charge in [-0.2, -0.15) is 0 Å². The minimum atomic E-state index is -0.0645. The van der Waals surface area contributed by atoms with Crippen molar-refractivity contribution in [2.24, 2.45) is 0 Å². The smallest absolute Gasteiger partial charge is 0.269 e. The van der Waals surface area contributed by atoms with Gasteiger partial charge in [0.15, 0.2) is 0 Å². The van der Waals surface area contributed by atoms with E-state index in [0.717, 1.165) is 78.3 Å². The highest BCUT2D eigenvalue weighted by atomic mass is 16.5. The highest BCUT2D eigenvalue weighted by Gasteiger charge is 2.23. The van der Waals surface area contributed by atoms with Crippen LogP contribution < -0.4 is 9.30 Å². The lowest BCUT2D eigenvalue weighted by Crippen LogP contribution is -2.29. The summed E-state index contributed by atoms with van der Waals surface area (Å²) in [5.74, 6) is 2.32. The second-order valence-corrected chi connectivity index (χ2v) is 17.4. The van der Waals surface area contributed by atoms with Gasteiger partial charge < -0.3 is 9.30 Å². The summed E-state index contributed by atoms with van der Waals surface area (Å²) in [5.41, 5.74) is 13.1. The lowest BCUT2D eigenvalue weighted by molar-refractivity contribution is -0.572. The Morgan fingerprint density at radius 3 is 1.95 bits per heavy atom. The zero-order valence-electron chi connectivity index (χ0n) is 35.8. The summed E-state index contributed by atoms with van der Waals surface area (Å²) in [7, 11) is 0. The van der Waals surface area contributed by atoms with E-state index < -0.39 is 0 Å². The number of pyridine rings is 1. The normalized spacial score (nSPS) is 12.0. The molecule has 12 rings (SSSR count). The molecule has 0 aliphatic carbocycles. The molecule has 0 saturated carbocycles. The topological polar surface area (TPSA) is 40.8 Å². The van der Waals surface area contributed by atoms with E-state index in [1.165, 1.54) is 27.4 Å². The lowest BCUT2D eigenvalue weighted by atomic mass is 9.88. The predicted molar refractivity (Wildman–Crippen MR) is 261 cm³/mol. The first-order chi connectivity index (χ1) is 31.4. The molecular formula is C58H43N5O. The molecule has 0 amide bonds. The molecular weight excluding hydrogens is 783 g/mol. The van der Waals surface area contributed by atoms with Gasteiger partial charge in [-0.05, 0) is 95.4 Å². The summed E-state index contributed by atoms with van der Waals surface area (Å²) >= 11 is 0. The molecule has 306 valence electrons. The molecule has 6 nitrogen and oxygen atoms in total. The van der Waals surface area contributed by atoms with Crippen LogP contribution >= 0.6 is 0 Å². The van der Waals surface area contributed by atoms with E-state index in [9.17, 15) is 0 Å². The first kappa shape index (κ1) is 37.5. The van der Waals surface area contributed by atoms with Gasteiger partial charge in [-0.3, -0.25) is 13.7 Å². The van der Waals surface area contributed by atoms with Gasteiger partial charge in [0.2, 0.25) is 0 Å². The average Bonchev–Trinajstić information content (AvgIpc) is 4.00. The maximum absolute atomic E-state index is 6.81. The van der Waals surface area contributed by atoms with E-state index >= 15 is 0 Å². The Hall–Kier alpha value is -8.22. The molecule has 0 N–H and O–H groups in total. The van der Waals surface area contributed by atoms with Crippen LogP contribution in [0.5, 0.6) is 11.5 Å². The van der Waals surface area contributed by atoms with Gasteiger partial charge in [0.05, 0.1) is 50.2 Å². The number of para-hydroxylation sites is 6. The summed E-state index contributed by atoms with van der Waals surface area (Å²) in [6.07, 6.45) is 5.54. The van der Waals surface area contributed by atoms with E-state index in [4.69, 9.17) is 9.72 Å². The molecule has 0 aliphatic heterocycles. The molecule has 0 bridgehead atoms. The van der Waals surface area contributed by atoms with Gasteiger partial charge in [-0.15, -0.1) is 0 Å². The Labute approximate surface area is 371 Å². The monoisotopic (exact) mass is 825 g/mol. The van der Waals surface area contributed by atoms with Crippen molar-refractivity contribution in [3.63, 3.8) is 0 Å². The zero-order chi connectivity index (χ0) is 42.9. The van der Waals surface area contributed by atoms with Gasteiger partial charge in [0.1, 0.15) is 17.3 Å². The number of imidazole rings is 1. The number of hydrogen-bond donors (Lipinski definition) is 0. The Balaban J connectivity index is 1.03. The van der Waals surface area contributed by atoms with E-state index in [1.807, 2.05) is 24.4 Å². The Morgan fingerprint density at radius 1 is 0.500 bits per heavy atom. The predicted octanol–water partition coefficient (Wildman–Crippen LogP) is 14.1. The van der Waals surface area contributed by atoms with Gasteiger partial charge >= 0.3 is 0 Å². The SMILES string of the molecule is CC(C)(C)c1ccnc(-n2c3cc(Oc4cccc(-n5[c-][n+](-c6ccccc6)c6ccccc65)c4)ccc3c3c(-c4ccccc4-n4c5ccccc5c5ccccc54)cccc32)c1. The molecule has 4 heterocycles. The number of rotatable bonds is 7. The van der Waals surface area contributed by atoms with E-state index in [0.29, 0.717) is 0 Å². The minimum Gasteiger partial charge on any atom is -0.458 e. The number of aromatic nitrogens is 5. The summed E-state index contributed by atoms with van der Waals surface area (Å²) < 4.78 is 15.7. The van der Waals surface area contributed by atoms with Crippen LogP contribution in [0.4, 0.5) is 0 Å². The Morgan fingerprint density at radius 2 is 1.16 bits per heavy atom. The van der Waals surface area contributed by atoms with Gasteiger partial charge in [0.25, 0.3) is 6.33 Å². The van der Waals surface area contributed by atoms with Crippen LogP contribution in [0.1, 0.15) is 26.3 Å². The second kappa shape index (κ2) is 14.7. The van der Waals surface area contributed by atoms with E-state index in [-0.39, 0.29) is 5.41 Å². The number of fused-ring (bicyclic) bond motifs is 7.